The average Bonchev–Trinajstić information content (AvgIpc) is 3.43. The van der Waals surface area contributed by atoms with Crippen molar-refractivity contribution in [3.05, 3.63) is 40.5 Å². The number of carboxylic acids is 1. The van der Waals surface area contributed by atoms with Crippen molar-refractivity contribution >= 4 is 34.4 Å². The number of amides is 1. The maximum absolute atomic E-state index is 13.1. The first kappa shape index (κ1) is 15.4. The summed E-state index contributed by atoms with van der Waals surface area (Å²) in [7, 11) is 0. The van der Waals surface area contributed by atoms with Crippen LogP contribution in [0, 0.1) is 0 Å². The first-order chi connectivity index (χ1) is 11.5. The second-order valence-corrected chi connectivity index (χ2v) is 7.02. The van der Waals surface area contributed by atoms with E-state index in [9.17, 15) is 9.59 Å². The highest BCUT2D eigenvalue weighted by Crippen LogP contribution is 2.41. The summed E-state index contributed by atoms with van der Waals surface area (Å²) < 4.78 is 0. The predicted octanol–water partition coefficient (Wildman–Crippen LogP) is 3.45. The predicted molar refractivity (Wildman–Crippen MR) is 90.4 cm³/mol. The molecule has 1 aromatic heterocycles. The van der Waals surface area contributed by atoms with Gasteiger partial charge in [-0.05, 0) is 49.9 Å². The zero-order valence-corrected chi connectivity index (χ0v) is 13.8. The maximum atomic E-state index is 13.1. The Morgan fingerprint density at radius 1 is 1.21 bits per heavy atom. The molecule has 0 unspecified atom stereocenters. The van der Waals surface area contributed by atoms with Crippen LogP contribution in [-0.2, 0) is 4.79 Å². The summed E-state index contributed by atoms with van der Waals surface area (Å²) in [5.74, 6) is -0.823. The second kappa shape index (κ2) is 5.74. The third-order valence-electron chi connectivity index (χ3n) is 4.57. The topological polar surface area (TPSA) is 70.5 Å². The molecule has 24 heavy (non-hydrogen) atoms. The number of nitrogens with zero attached hydrogens (tertiary/aromatic N) is 2. The van der Waals surface area contributed by atoms with Gasteiger partial charge in [0.15, 0.2) is 0 Å². The van der Waals surface area contributed by atoms with Gasteiger partial charge in [0.25, 0.3) is 5.91 Å². The first-order valence-electron chi connectivity index (χ1n) is 8.16. The van der Waals surface area contributed by atoms with Crippen LogP contribution in [0.2, 0.25) is 5.02 Å². The summed E-state index contributed by atoms with van der Waals surface area (Å²) in [6, 6.07) is 7.17. The highest BCUT2D eigenvalue weighted by atomic mass is 35.5. The van der Waals surface area contributed by atoms with Gasteiger partial charge < -0.3 is 10.0 Å². The number of carbonyl (C=O) groups excluding carboxylic acids is 1. The fourth-order valence-electron chi connectivity index (χ4n) is 3.04. The Bertz CT molecular complexity index is 844. The van der Waals surface area contributed by atoms with Crippen LogP contribution < -0.4 is 0 Å². The van der Waals surface area contributed by atoms with Crippen LogP contribution in [0.25, 0.3) is 10.9 Å². The Morgan fingerprint density at radius 2 is 1.96 bits per heavy atom. The quantitative estimate of drug-likeness (QED) is 0.901. The molecule has 1 aromatic carbocycles. The standard InChI is InChI=1S/C18H17ClN2O3/c19-11-3-6-15-13(7-11)14(8-16(20-15)10-1-2-10)18(24)21(9-17(22)23)12-4-5-12/h3,6-8,10,12H,1-2,4-5,9H2,(H,22,23). The van der Waals surface area contributed by atoms with Gasteiger partial charge in [-0.25, -0.2) is 0 Å². The van der Waals surface area contributed by atoms with Crippen molar-refractivity contribution in [2.24, 2.45) is 0 Å². The highest BCUT2D eigenvalue weighted by Gasteiger charge is 2.36. The molecule has 1 N–H and O–H groups in total. The van der Waals surface area contributed by atoms with E-state index in [0.717, 1.165) is 36.9 Å². The van der Waals surface area contributed by atoms with Crippen LogP contribution in [0.3, 0.4) is 0 Å². The molecule has 0 spiro atoms. The number of rotatable bonds is 5. The molecule has 1 amide bonds. The Labute approximate surface area is 144 Å². The van der Waals surface area contributed by atoms with Crippen LogP contribution in [0.1, 0.15) is 47.7 Å². The van der Waals surface area contributed by atoms with Gasteiger partial charge in [-0.3, -0.25) is 14.6 Å². The van der Waals surface area contributed by atoms with E-state index in [1.54, 1.807) is 12.1 Å². The smallest absolute Gasteiger partial charge is 0.323 e. The molecular weight excluding hydrogens is 328 g/mol. The van der Waals surface area contributed by atoms with E-state index in [4.69, 9.17) is 16.7 Å². The highest BCUT2D eigenvalue weighted by molar-refractivity contribution is 6.31. The third-order valence-corrected chi connectivity index (χ3v) is 4.81. The normalized spacial score (nSPS) is 17.0. The molecule has 0 aliphatic heterocycles. The molecule has 124 valence electrons. The molecule has 6 heteroatoms. The Morgan fingerprint density at radius 3 is 2.58 bits per heavy atom. The van der Waals surface area contributed by atoms with Gasteiger partial charge in [-0.2, -0.15) is 0 Å². The molecule has 2 aromatic rings. The average molecular weight is 345 g/mol. The fraction of sp³-hybridized carbons (Fsp3) is 0.389. The van der Waals surface area contributed by atoms with E-state index < -0.39 is 5.97 Å². The van der Waals surface area contributed by atoms with Gasteiger partial charge >= 0.3 is 5.97 Å². The lowest BCUT2D eigenvalue weighted by atomic mass is 10.0. The van der Waals surface area contributed by atoms with Crippen LogP contribution in [0.4, 0.5) is 0 Å². The van der Waals surface area contributed by atoms with Crippen molar-refractivity contribution in [1.82, 2.24) is 9.88 Å². The SMILES string of the molecule is O=C(O)CN(C(=O)c1cc(C2CC2)nc2ccc(Cl)cc12)C1CC1. The zero-order valence-electron chi connectivity index (χ0n) is 13.0. The number of benzene rings is 1. The number of fused-ring (bicyclic) bond motifs is 1. The van der Waals surface area contributed by atoms with Crippen LogP contribution in [-0.4, -0.2) is 39.5 Å². The van der Waals surface area contributed by atoms with Crippen molar-refractivity contribution in [2.45, 2.75) is 37.6 Å². The lowest BCUT2D eigenvalue weighted by molar-refractivity contribution is -0.137. The van der Waals surface area contributed by atoms with Gasteiger partial charge in [0.1, 0.15) is 6.54 Å². The van der Waals surface area contributed by atoms with Crippen molar-refractivity contribution in [3.8, 4) is 0 Å². The Kier molecular flexibility index (Phi) is 3.68. The number of pyridine rings is 1. The van der Waals surface area contributed by atoms with Crippen molar-refractivity contribution < 1.29 is 14.7 Å². The molecule has 2 saturated carbocycles. The molecule has 0 radical (unpaired) electrons. The molecule has 2 aliphatic carbocycles. The summed E-state index contributed by atoms with van der Waals surface area (Å²) >= 11 is 6.10. The van der Waals surface area contributed by atoms with E-state index in [1.807, 2.05) is 12.1 Å². The molecule has 1 heterocycles. The van der Waals surface area contributed by atoms with E-state index in [-0.39, 0.29) is 18.5 Å². The molecule has 0 atom stereocenters. The molecule has 2 aliphatic rings. The lowest BCUT2D eigenvalue weighted by Gasteiger charge is -2.21. The van der Waals surface area contributed by atoms with Gasteiger partial charge in [-0.15, -0.1) is 0 Å². The molecular formula is C18H17ClN2O3. The largest absolute Gasteiger partial charge is 0.480 e. The van der Waals surface area contributed by atoms with Crippen LogP contribution >= 0.6 is 11.6 Å². The number of halogens is 1. The number of hydrogen-bond donors (Lipinski definition) is 1. The summed E-state index contributed by atoms with van der Waals surface area (Å²) in [6.07, 6.45) is 3.89. The molecule has 0 bridgehead atoms. The molecule has 0 saturated heterocycles. The number of aromatic nitrogens is 1. The zero-order chi connectivity index (χ0) is 16.8. The minimum Gasteiger partial charge on any atom is -0.480 e. The van der Waals surface area contributed by atoms with Gasteiger partial charge in [-0.1, -0.05) is 11.6 Å². The lowest BCUT2D eigenvalue weighted by Crippen LogP contribution is -2.37. The molecule has 5 nitrogen and oxygen atoms in total. The second-order valence-electron chi connectivity index (χ2n) is 6.59. The van der Waals surface area contributed by atoms with Crippen molar-refractivity contribution in [2.75, 3.05) is 6.54 Å². The fourth-order valence-corrected chi connectivity index (χ4v) is 3.21. The summed E-state index contributed by atoms with van der Waals surface area (Å²) in [4.78, 5) is 30.4. The minimum atomic E-state index is -0.992. The Balaban J connectivity index is 1.82. The van der Waals surface area contributed by atoms with Crippen LogP contribution in [0.15, 0.2) is 24.3 Å². The monoisotopic (exact) mass is 344 g/mol. The van der Waals surface area contributed by atoms with Crippen molar-refractivity contribution in [3.63, 3.8) is 0 Å². The summed E-state index contributed by atoms with van der Waals surface area (Å²) in [6.45, 7) is -0.271. The molecule has 2 fully saturated rings. The third kappa shape index (κ3) is 2.96. The number of carboxylic acid groups (broad SMARTS) is 1. The van der Waals surface area contributed by atoms with E-state index in [1.165, 1.54) is 4.90 Å². The van der Waals surface area contributed by atoms with E-state index >= 15 is 0 Å². The van der Waals surface area contributed by atoms with E-state index in [2.05, 4.69) is 4.98 Å². The summed E-state index contributed by atoms with van der Waals surface area (Å²) in [5.41, 5.74) is 2.16. The van der Waals surface area contributed by atoms with Gasteiger partial charge in [0, 0.05) is 28.1 Å². The van der Waals surface area contributed by atoms with E-state index in [0.29, 0.717) is 21.9 Å². The number of hydrogen-bond acceptors (Lipinski definition) is 3. The first-order valence-corrected chi connectivity index (χ1v) is 8.53. The minimum absolute atomic E-state index is 0.0281. The number of aliphatic carboxylic acids is 1. The molecule has 4 rings (SSSR count). The van der Waals surface area contributed by atoms with Gasteiger partial charge in [0.2, 0.25) is 0 Å². The maximum Gasteiger partial charge on any atom is 0.323 e. The Hall–Kier alpha value is -2.14. The van der Waals surface area contributed by atoms with Crippen molar-refractivity contribution in [1.29, 1.82) is 0 Å². The number of carbonyl (C=O) groups is 2. The van der Waals surface area contributed by atoms with Gasteiger partial charge in [0.05, 0.1) is 11.1 Å². The summed E-state index contributed by atoms with van der Waals surface area (Å²) in [5, 5.41) is 10.4. The van der Waals surface area contributed by atoms with Crippen LogP contribution in [0.5, 0.6) is 0 Å².